The molecule has 0 aromatic rings. The molecule has 0 bridgehead atoms. The van der Waals surface area contributed by atoms with E-state index in [4.69, 9.17) is 0 Å². The van der Waals surface area contributed by atoms with Gasteiger partial charge in [0.15, 0.2) is 0 Å². The van der Waals surface area contributed by atoms with E-state index >= 15 is 0 Å². The van der Waals surface area contributed by atoms with E-state index in [2.05, 4.69) is 27.7 Å². The van der Waals surface area contributed by atoms with Crippen LogP contribution in [0.5, 0.6) is 0 Å². The third-order valence-electron chi connectivity index (χ3n) is 18.5. The summed E-state index contributed by atoms with van der Waals surface area (Å²) in [6, 6.07) is 0. The maximum Gasteiger partial charge on any atom is -0.0360 e. The van der Waals surface area contributed by atoms with E-state index in [1.165, 1.54) is 83.5 Å². The van der Waals surface area contributed by atoms with Crippen molar-refractivity contribution < 1.29 is 0 Å². The summed E-state index contributed by atoms with van der Waals surface area (Å²) in [5.41, 5.74) is 0. The van der Waals surface area contributed by atoms with Crippen LogP contribution in [0, 0.1) is 82.9 Å². The molecule has 0 saturated heterocycles. The van der Waals surface area contributed by atoms with Crippen LogP contribution in [0.1, 0.15) is 259 Å². The van der Waals surface area contributed by atoms with Crippen LogP contribution in [0.25, 0.3) is 0 Å². The highest BCUT2D eigenvalue weighted by molar-refractivity contribution is 4.90. The van der Waals surface area contributed by atoms with Crippen molar-refractivity contribution in [1.29, 1.82) is 0 Å². The van der Waals surface area contributed by atoms with Crippen LogP contribution < -0.4 is 0 Å². The Morgan fingerprint density at radius 2 is 0.481 bits per heavy atom. The SMILES string of the molecule is CC(C)CC(CC(CC(CC(CC(CC(C(C)C)C1CCCCC1)C1CCCCC1)C1CCCCC1)C1CCCCC1)C1CCCCC1)C1CCCCC1. The highest BCUT2D eigenvalue weighted by Gasteiger charge is 2.39. The van der Waals surface area contributed by atoms with Crippen molar-refractivity contribution in [3.05, 3.63) is 0 Å². The summed E-state index contributed by atoms with van der Waals surface area (Å²) in [6.45, 7) is 10.4. The van der Waals surface area contributed by atoms with Crippen molar-refractivity contribution in [2.75, 3.05) is 0 Å². The molecule has 0 heterocycles. The van der Waals surface area contributed by atoms with Crippen LogP contribution in [0.4, 0.5) is 0 Å². The fourth-order valence-corrected chi connectivity index (χ4v) is 15.5. The van der Waals surface area contributed by atoms with Gasteiger partial charge in [0.05, 0.1) is 0 Å². The minimum absolute atomic E-state index is 0.869. The zero-order chi connectivity index (χ0) is 37.5. The van der Waals surface area contributed by atoms with E-state index in [0.717, 1.165) is 82.9 Å². The quantitative estimate of drug-likeness (QED) is 0.123. The molecule has 6 rings (SSSR count). The van der Waals surface area contributed by atoms with Gasteiger partial charge in [-0.1, -0.05) is 220 Å². The van der Waals surface area contributed by atoms with Gasteiger partial charge in [-0.2, -0.15) is 0 Å². The molecule has 0 radical (unpaired) electrons. The Bertz CT molecular complexity index is 941. The van der Waals surface area contributed by atoms with Crippen molar-refractivity contribution in [2.24, 2.45) is 82.9 Å². The number of rotatable bonds is 19. The minimum atomic E-state index is 0.869. The molecule has 0 spiro atoms. The van der Waals surface area contributed by atoms with Crippen LogP contribution in [-0.2, 0) is 0 Å². The second-order valence-corrected chi connectivity index (χ2v) is 22.9. The first kappa shape index (κ1) is 43.6. The van der Waals surface area contributed by atoms with E-state index < -0.39 is 0 Å². The standard InChI is InChI=1S/C54H98/c1-41(2)35-49(43-23-11-5-12-24-43)36-50(44-25-13-6-14-26-44)37-51(45-27-15-7-16-28-45)38-52(46-29-17-8-18-30-46)39-53(47-31-19-9-20-32-47)40-54(42(3)4)48-33-21-10-22-34-48/h41-54H,5-40H2,1-4H3. The molecule has 6 fully saturated rings. The molecule has 6 aliphatic carbocycles. The second-order valence-electron chi connectivity index (χ2n) is 22.9. The van der Waals surface area contributed by atoms with Crippen molar-refractivity contribution in [3.8, 4) is 0 Å². The molecular formula is C54H98. The van der Waals surface area contributed by atoms with E-state index in [0.29, 0.717) is 0 Å². The molecule has 0 nitrogen and oxygen atoms in total. The average Bonchev–Trinajstić information content (AvgIpc) is 3.22. The first-order valence-electron chi connectivity index (χ1n) is 26.4. The molecule has 0 amide bonds. The van der Waals surface area contributed by atoms with Gasteiger partial charge in [-0.05, 0) is 121 Å². The molecule has 54 heavy (non-hydrogen) atoms. The lowest BCUT2D eigenvalue weighted by atomic mass is 9.61. The lowest BCUT2D eigenvalue weighted by Crippen LogP contribution is -2.34. The lowest BCUT2D eigenvalue weighted by Gasteiger charge is -2.44. The molecule has 0 N–H and O–H groups in total. The number of hydrogen-bond acceptors (Lipinski definition) is 0. The molecule has 314 valence electrons. The third kappa shape index (κ3) is 13.5. The van der Waals surface area contributed by atoms with Gasteiger partial charge in [-0.3, -0.25) is 0 Å². The second kappa shape index (κ2) is 23.6. The Morgan fingerprint density at radius 3 is 0.722 bits per heavy atom. The number of hydrogen-bond donors (Lipinski definition) is 0. The fourth-order valence-electron chi connectivity index (χ4n) is 15.5. The van der Waals surface area contributed by atoms with Gasteiger partial charge < -0.3 is 0 Å². The highest BCUT2D eigenvalue weighted by Crippen LogP contribution is 2.50. The van der Waals surface area contributed by atoms with Crippen LogP contribution in [0.3, 0.4) is 0 Å². The Morgan fingerprint density at radius 1 is 0.259 bits per heavy atom. The normalized spacial score (nSPS) is 27.9. The summed E-state index contributed by atoms with van der Waals surface area (Å²) in [5.74, 6) is 14.1. The van der Waals surface area contributed by atoms with E-state index in [-0.39, 0.29) is 0 Å². The van der Waals surface area contributed by atoms with Crippen molar-refractivity contribution >= 4 is 0 Å². The van der Waals surface area contributed by atoms with E-state index in [9.17, 15) is 0 Å². The molecular weight excluding hydrogens is 649 g/mol. The smallest absolute Gasteiger partial charge is 0.0360 e. The third-order valence-corrected chi connectivity index (χ3v) is 18.5. The lowest BCUT2D eigenvalue weighted by molar-refractivity contribution is 0.0638. The molecule has 6 aliphatic rings. The van der Waals surface area contributed by atoms with Gasteiger partial charge in [0.2, 0.25) is 0 Å². The van der Waals surface area contributed by atoms with Crippen LogP contribution in [0.2, 0.25) is 0 Å². The van der Waals surface area contributed by atoms with Gasteiger partial charge in [-0.25, -0.2) is 0 Å². The van der Waals surface area contributed by atoms with Gasteiger partial charge in [0.1, 0.15) is 0 Å². The van der Waals surface area contributed by atoms with Gasteiger partial charge in [0.25, 0.3) is 0 Å². The summed E-state index contributed by atoms with van der Waals surface area (Å²) in [6.07, 6.45) is 56.1. The van der Waals surface area contributed by atoms with Gasteiger partial charge in [0, 0.05) is 0 Å². The van der Waals surface area contributed by atoms with E-state index in [1.54, 1.807) is 148 Å². The fraction of sp³-hybridized carbons (Fsp3) is 1.00. The predicted molar refractivity (Wildman–Crippen MR) is 238 cm³/mol. The first-order valence-corrected chi connectivity index (χ1v) is 26.4. The molecule has 0 heteroatoms. The zero-order valence-corrected chi connectivity index (χ0v) is 37.5. The molecule has 0 aromatic carbocycles. The molecule has 6 unspecified atom stereocenters. The van der Waals surface area contributed by atoms with Crippen molar-refractivity contribution in [2.45, 2.75) is 259 Å². The molecule has 6 atom stereocenters. The molecule has 0 aliphatic heterocycles. The molecule has 0 aromatic heterocycles. The summed E-state index contributed by atoms with van der Waals surface area (Å²) in [5, 5.41) is 0. The maximum atomic E-state index is 2.64. The van der Waals surface area contributed by atoms with E-state index in [1.807, 2.05) is 0 Å². The minimum Gasteiger partial charge on any atom is -0.0628 e. The van der Waals surface area contributed by atoms with Crippen LogP contribution in [-0.4, -0.2) is 0 Å². The summed E-state index contributed by atoms with van der Waals surface area (Å²) in [7, 11) is 0. The summed E-state index contributed by atoms with van der Waals surface area (Å²) in [4.78, 5) is 0. The topological polar surface area (TPSA) is 0 Å². The monoisotopic (exact) mass is 747 g/mol. The summed E-state index contributed by atoms with van der Waals surface area (Å²) >= 11 is 0. The van der Waals surface area contributed by atoms with Crippen LogP contribution in [0.15, 0.2) is 0 Å². The van der Waals surface area contributed by atoms with Gasteiger partial charge in [-0.15, -0.1) is 0 Å². The Labute approximate surface area is 340 Å². The summed E-state index contributed by atoms with van der Waals surface area (Å²) < 4.78 is 0. The average molecular weight is 747 g/mol. The van der Waals surface area contributed by atoms with Crippen LogP contribution >= 0.6 is 0 Å². The Balaban J connectivity index is 1.27. The Kier molecular flexibility index (Phi) is 19.0. The predicted octanol–water partition coefficient (Wildman–Crippen LogP) is 17.8. The highest BCUT2D eigenvalue weighted by atomic mass is 14.4. The van der Waals surface area contributed by atoms with Crippen molar-refractivity contribution in [3.63, 3.8) is 0 Å². The molecule has 6 saturated carbocycles. The first-order chi connectivity index (χ1) is 26.4. The zero-order valence-electron chi connectivity index (χ0n) is 37.5. The van der Waals surface area contributed by atoms with Crippen molar-refractivity contribution in [1.82, 2.24) is 0 Å². The largest absolute Gasteiger partial charge is 0.0628 e. The van der Waals surface area contributed by atoms with Gasteiger partial charge >= 0.3 is 0 Å². The maximum absolute atomic E-state index is 2.64. The Hall–Kier alpha value is 0.